The molecule has 0 saturated carbocycles. The van der Waals surface area contributed by atoms with E-state index in [-0.39, 0.29) is 5.84 Å². The fourth-order valence-electron chi connectivity index (χ4n) is 1.71. The van der Waals surface area contributed by atoms with Crippen molar-refractivity contribution in [1.82, 2.24) is 0 Å². The first-order chi connectivity index (χ1) is 9.75. The quantitative estimate of drug-likeness (QED) is 0.461. The van der Waals surface area contributed by atoms with Crippen LogP contribution in [-0.2, 0) is 11.3 Å². The summed E-state index contributed by atoms with van der Waals surface area (Å²) >= 11 is 0. The third-order valence-electron chi connectivity index (χ3n) is 2.77. The number of amidine groups is 1. The number of nitrogens with two attached hydrogens (primary N) is 1. The molecule has 0 fully saturated rings. The van der Waals surface area contributed by atoms with Gasteiger partial charge in [-0.05, 0) is 29.8 Å². The van der Waals surface area contributed by atoms with Crippen molar-refractivity contribution in [3.05, 3.63) is 65.7 Å². The number of rotatable bonds is 7. The molecule has 4 heteroatoms. The number of hydrogen-bond donors (Lipinski definition) is 2. The molecule has 2 rings (SSSR count). The second-order valence-corrected chi connectivity index (χ2v) is 4.32. The van der Waals surface area contributed by atoms with Crippen LogP contribution in [0.2, 0.25) is 0 Å². The first kappa shape index (κ1) is 14.1. The number of ether oxygens (including phenoxy) is 2. The average Bonchev–Trinajstić information content (AvgIpc) is 2.48. The smallest absolute Gasteiger partial charge is 0.122 e. The van der Waals surface area contributed by atoms with Gasteiger partial charge in [0.2, 0.25) is 0 Å². The first-order valence-electron chi connectivity index (χ1n) is 6.44. The zero-order valence-electron chi connectivity index (χ0n) is 11.2. The fourth-order valence-corrected chi connectivity index (χ4v) is 1.71. The van der Waals surface area contributed by atoms with Gasteiger partial charge in [-0.3, -0.25) is 5.41 Å². The molecule has 3 N–H and O–H groups in total. The zero-order valence-corrected chi connectivity index (χ0v) is 11.2. The van der Waals surface area contributed by atoms with E-state index in [2.05, 4.69) is 0 Å². The zero-order chi connectivity index (χ0) is 14.2. The summed E-state index contributed by atoms with van der Waals surface area (Å²) in [6, 6.07) is 17.2. The van der Waals surface area contributed by atoms with Crippen LogP contribution < -0.4 is 10.5 Å². The van der Waals surface area contributed by atoms with Gasteiger partial charge < -0.3 is 15.2 Å². The summed E-state index contributed by atoms with van der Waals surface area (Å²) in [6.07, 6.45) is 0. The molecule has 0 atom stereocenters. The van der Waals surface area contributed by atoms with Crippen LogP contribution >= 0.6 is 0 Å². The number of nitrogen functional groups attached to an aromatic ring is 1. The molecule has 0 saturated heterocycles. The molecule has 104 valence electrons. The Balaban J connectivity index is 1.67. The lowest BCUT2D eigenvalue weighted by molar-refractivity contribution is 0.0889. The Morgan fingerprint density at radius 2 is 1.65 bits per heavy atom. The topological polar surface area (TPSA) is 68.3 Å². The molecule has 0 aliphatic heterocycles. The van der Waals surface area contributed by atoms with Gasteiger partial charge in [0.05, 0.1) is 13.2 Å². The van der Waals surface area contributed by atoms with E-state index in [0.717, 1.165) is 11.3 Å². The summed E-state index contributed by atoms with van der Waals surface area (Å²) < 4.78 is 11.1. The van der Waals surface area contributed by atoms with Gasteiger partial charge in [-0.1, -0.05) is 30.3 Å². The van der Waals surface area contributed by atoms with Crippen LogP contribution in [0.4, 0.5) is 0 Å². The molecule has 0 amide bonds. The van der Waals surface area contributed by atoms with E-state index in [9.17, 15) is 0 Å². The van der Waals surface area contributed by atoms with Gasteiger partial charge in [-0.2, -0.15) is 0 Å². The molecule has 4 nitrogen and oxygen atoms in total. The summed E-state index contributed by atoms with van der Waals surface area (Å²) in [5.41, 5.74) is 7.22. The SMILES string of the molecule is N=C(N)c1ccc(OCCOCc2ccccc2)cc1. The van der Waals surface area contributed by atoms with Gasteiger partial charge in [0.25, 0.3) is 0 Å². The summed E-state index contributed by atoms with van der Waals surface area (Å²) in [5, 5.41) is 7.30. The van der Waals surface area contributed by atoms with Gasteiger partial charge in [-0.25, -0.2) is 0 Å². The van der Waals surface area contributed by atoms with E-state index in [1.54, 1.807) is 24.3 Å². The van der Waals surface area contributed by atoms with Crippen LogP contribution in [0.3, 0.4) is 0 Å². The van der Waals surface area contributed by atoms with E-state index in [1.807, 2.05) is 30.3 Å². The number of benzene rings is 2. The van der Waals surface area contributed by atoms with Crippen LogP contribution in [0.15, 0.2) is 54.6 Å². The Morgan fingerprint density at radius 1 is 0.950 bits per heavy atom. The second kappa shape index (κ2) is 7.31. The maximum absolute atomic E-state index is 7.30. The standard InChI is InChI=1S/C16H18N2O2/c17-16(18)14-6-8-15(9-7-14)20-11-10-19-12-13-4-2-1-3-5-13/h1-9H,10-12H2,(H3,17,18). The minimum Gasteiger partial charge on any atom is -0.491 e. The molecule has 0 aliphatic rings. The highest BCUT2D eigenvalue weighted by Gasteiger charge is 1.98. The minimum absolute atomic E-state index is 0.0581. The molecular weight excluding hydrogens is 252 g/mol. The van der Waals surface area contributed by atoms with E-state index in [1.165, 1.54) is 0 Å². The highest BCUT2D eigenvalue weighted by atomic mass is 16.5. The molecule has 0 unspecified atom stereocenters. The monoisotopic (exact) mass is 270 g/mol. The molecule has 2 aromatic carbocycles. The number of nitrogens with one attached hydrogen (secondary N) is 1. The van der Waals surface area contributed by atoms with E-state index in [4.69, 9.17) is 20.6 Å². The van der Waals surface area contributed by atoms with Gasteiger partial charge in [-0.15, -0.1) is 0 Å². The molecule has 20 heavy (non-hydrogen) atoms. The molecule has 0 aliphatic carbocycles. The first-order valence-corrected chi connectivity index (χ1v) is 6.44. The van der Waals surface area contributed by atoms with Crippen molar-refractivity contribution in [2.45, 2.75) is 6.61 Å². The third kappa shape index (κ3) is 4.40. The maximum Gasteiger partial charge on any atom is 0.122 e. The summed E-state index contributed by atoms with van der Waals surface area (Å²) in [7, 11) is 0. The second-order valence-electron chi connectivity index (χ2n) is 4.32. The summed E-state index contributed by atoms with van der Waals surface area (Å²) in [5.74, 6) is 0.807. The van der Waals surface area contributed by atoms with Crippen molar-refractivity contribution >= 4 is 5.84 Å². The molecule has 0 radical (unpaired) electrons. The van der Waals surface area contributed by atoms with Gasteiger partial charge in [0.1, 0.15) is 18.2 Å². The Kier molecular flexibility index (Phi) is 5.15. The van der Waals surface area contributed by atoms with Crippen LogP contribution in [0.1, 0.15) is 11.1 Å². The van der Waals surface area contributed by atoms with Gasteiger partial charge in [0.15, 0.2) is 0 Å². The lowest BCUT2D eigenvalue weighted by Gasteiger charge is -2.08. The van der Waals surface area contributed by atoms with Crippen molar-refractivity contribution in [3.63, 3.8) is 0 Å². The van der Waals surface area contributed by atoms with Crippen LogP contribution in [0.5, 0.6) is 5.75 Å². The Bertz CT molecular complexity index is 538. The predicted molar refractivity (Wildman–Crippen MR) is 79.1 cm³/mol. The molecule has 0 bridgehead atoms. The lowest BCUT2D eigenvalue weighted by atomic mass is 10.2. The summed E-state index contributed by atoms with van der Waals surface area (Å²) in [6.45, 7) is 1.61. The number of hydrogen-bond acceptors (Lipinski definition) is 3. The average molecular weight is 270 g/mol. The van der Waals surface area contributed by atoms with Gasteiger partial charge in [0, 0.05) is 5.56 Å². The van der Waals surface area contributed by atoms with Crippen molar-refractivity contribution in [2.75, 3.05) is 13.2 Å². The van der Waals surface area contributed by atoms with Crippen molar-refractivity contribution in [3.8, 4) is 5.75 Å². The van der Waals surface area contributed by atoms with Crippen molar-refractivity contribution in [2.24, 2.45) is 5.73 Å². The highest BCUT2D eigenvalue weighted by molar-refractivity contribution is 5.94. The Morgan fingerprint density at radius 3 is 2.30 bits per heavy atom. The normalized spacial score (nSPS) is 10.2. The molecular formula is C16H18N2O2. The molecule has 0 aromatic heterocycles. The lowest BCUT2D eigenvalue weighted by Crippen LogP contribution is -2.11. The van der Waals surface area contributed by atoms with Crippen molar-refractivity contribution < 1.29 is 9.47 Å². The van der Waals surface area contributed by atoms with Gasteiger partial charge >= 0.3 is 0 Å². The molecule has 0 spiro atoms. The van der Waals surface area contributed by atoms with E-state index in [0.29, 0.717) is 25.4 Å². The Labute approximate surface area is 118 Å². The summed E-state index contributed by atoms with van der Waals surface area (Å²) in [4.78, 5) is 0. The highest BCUT2D eigenvalue weighted by Crippen LogP contribution is 2.11. The van der Waals surface area contributed by atoms with E-state index < -0.39 is 0 Å². The van der Waals surface area contributed by atoms with Crippen LogP contribution in [0.25, 0.3) is 0 Å². The Hall–Kier alpha value is -2.33. The fraction of sp³-hybridized carbons (Fsp3) is 0.188. The molecule has 2 aromatic rings. The van der Waals surface area contributed by atoms with Crippen molar-refractivity contribution in [1.29, 1.82) is 5.41 Å². The predicted octanol–water partition coefficient (Wildman–Crippen LogP) is 2.57. The molecule has 0 heterocycles. The third-order valence-corrected chi connectivity index (χ3v) is 2.77. The van der Waals surface area contributed by atoms with E-state index >= 15 is 0 Å². The maximum atomic E-state index is 7.30. The minimum atomic E-state index is 0.0581. The largest absolute Gasteiger partial charge is 0.491 e. The van der Waals surface area contributed by atoms with Crippen LogP contribution in [0, 0.1) is 5.41 Å². The van der Waals surface area contributed by atoms with Crippen LogP contribution in [-0.4, -0.2) is 19.0 Å².